The Kier molecular flexibility index (Phi) is 5.67. The molecule has 0 unspecified atom stereocenters. The van der Waals surface area contributed by atoms with Crippen LogP contribution in [0.25, 0.3) is 0 Å². The molecule has 1 amide bonds. The highest BCUT2D eigenvalue weighted by Crippen LogP contribution is 2.18. The van der Waals surface area contributed by atoms with E-state index in [-0.39, 0.29) is 18.1 Å². The molecule has 3 nitrogen and oxygen atoms in total. The van der Waals surface area contributed by atoms with Gasteiger partial charge in [-0.05, 0) is 62.3 Å². The normalized spacial score (nSPS) is 22.0. The van der Waals surface area contributed by atoms with Gasteiger partial charge in [0.25, 0.3) is 0 Å². The summed E-state index contributed by atoms with van der Waals surface area (Å²) in [7, 11) is 0. The van der Waals surface area contributed by atoms with Crippen LogP contribution in [0.1, 0.15) is 44.1 Å². The fourth-order valence-corrected chi connectivity index (χ4v) is 2.69. The molecular formula is C16H21F2NO2. The second-order valence-electron chi connectivity index (χ2n) is 5.66. The van der Waals surface area contributed by atoms with Gasteiger partial charge in [0, 0.05) is 12.5 Å². The summed E-state index contributed by atoms with van der Waals surface area (Å²) in [5, 5.41) is 12.3. The molecule has 0 aromatic heterocycles. The van der Waals surface area contributed by atoms with Gasteiger partial charge in [-0.1, -0.05) is 0 Å². The quantitative estimate of drug-likeness (QED) is 0.878. The predicted molar refractivity (Wildman–Crippen MR) is 75.7 cm³/mol. The van der Waals surface area contributed by atoms with Crippen LogP contribution >= 0.6 is 0 Å². The predicted octanol–water partition coefficient (Wildman–Crippen LogP) is 2.71. The van der Waals surface area contributed by atoms with Crippen molar-refractivity contribution < 1.29 is 18.7 Å². The van der Waals surface area contributed by atoms with Gasteiger partial charge >= 0.3 is 0 Å². The Morgan fingerprint density at radius 2 is 1.95 bits per heavy atom. The van der Waals surface area contributed by atoms with Gasteiger partial charge in [0.05, 0.1) is 6.10 Å². The average Bonchev–Trinajstić information content (AvgIpc) is 2.45. The molecule has 0 atom stereocenters. The van der Waals surface area contributed by atoms with Crippen molar-refractivity contribution in [2.75, 3.05) is 0 Å². The molecule has 0 saturated heterocycles. The monoisotopic (exact) mass is 297 g/mol. The van der Waals surface area contributed by atoms with Crippen LogP contribution in [0.15, 0.2) is 18.2 Å². The molecule has 1 aliphatic carbocycles. The van der Waals surface area contributed by atoms with Crippen molar-refractivity contribution in [3.05, 3.63) is 35.4 Å². The summed E-state index contributed by atoms with van der Waals surface area (Å²) in [5.74, 6) is -0.956. The van der Waals surface area contributed by atoms with Crippen molar-refractivity contribution in [2.45, 2.75) is 57.1 Å². The first-order valence-corrected chi connectivity index (χ1v) is 7.46. The van der Waals surface area contributed by atoms with Crippen LogP contribution in [0.4, 0.5) is 8.78 Å². The van der Waals surface area contributed by atoms with Gasteiger partial charge in [-0.15, -0.1) is 0 Å². The Balaban J connectivity index is 1.70. The molecule has 0 heterocycles. The van der Waals surface area contributed by atoms with Gasteiger partial charge in [0.2, 0.25) is 5.91 Å². The van der Waals surface area contributed by atoms with E-state index in [2.05, 4.69) is 5.32 Å². The number of carbonyl (C=O) groups excluding carboxylic acids is 1. The van der Waals surface area contributed by atoms with Crippen LogP contribution in [-0.4, -0.2) is 23.2 Å². The zero-order valence-corrected chi connectivity index (χ0v) is 11.9. The maximum Gasteiger partial charge on any atom is 0.220 e. The maximum absolute atomic E-state index is 13.4. The van der Waals surface area contributed by atoms with Gasteiger partial charge in [0.1, 0.15) is 11.6 Å². The first kappa shape index (κ1) is 15.9. The van der Waals surface area contributed by atoms with Crippen LogP contribution in [0.2, 0.25) is 0 Å². The van der Waals surface area contributed by atoms with E-state index in [9.17, 15) is 18.7 Å². The van der Waals surface area contributed by atoms with Crippen molar-refractivity contribution in [3.63, 3.8) is 0 Å². The van der Waals surface area contributed by atoms with Crippen LogP contribution in [0, 0.1) is 11.6 Å². The minimum atomic E-state index is -0.461. The number of hydrogen-bond donors (Lipinski definition) is 2. The number of amides is 1. The molecule has 2 rings (SSSR count). The Morgan fingerprint density at radius 1 is 1.24 bits per heavy atom. The van der Waals surface area contributed by atoms with Crippen molar-refractivity contribution in [2.24, 2.45) is 0 Å². The standard InChI is InChI=1S/C16H21F2NO2/c17-12-4-9-15(18)11(10-12)2-1-3-16(21)19-13-5-7-14(20)8-6-13/h4,9-10,13-14,20H,1-3,5-8H2,(H,19,21). The molecule has 5 heteroatoms. The maximum atomic E-state index is 13.4. The van der Waals surface area contributed by atoms with E-state index in [1.807, 2.05) is 0 Å². The van der Waals surface area contributed by atoms with Crippen LogP contribution in [0.5, 0.6) is 0 Å². The highest BCUT2D eigenvalue weighted by atomic mass is 19.1. The van der Waals surface area contributed by atoms with E-state index < -0.39 is 11.6 Å². The van der Waals surface area contributed by atoms with E-state index in [0.717, 1.165) is 37.8 Å². The number of halogens is 2. The summed E-state index contributed by atoms with van der Waals surface area (Å²) in [4.78, 5) is 11.8. The number of benzene rings is 1. The Labute approximate surface area is 123 Å². The number of aliphatic hydroxyl groups excluding tert-OH is 1. The molecular weight excluding hydrogens is 276 g/mol. The zero-order valence-electron chi connectivity index (χ0n) is 11.9. The van der Waals surface area contributed by atoms with E-state index >= 15 is 0 Å². The largest absolute Gasteiger partial charge is 0.393 e. The van der Waals surface area contributed by atoms with E-state index in [1.165, 1.54) is 6.07 Å². The summed E-state index contributed by atoms with van der Waals surface area (Å²) < 4.78 is 26.4. The summed E-state index contributed by atoms with van der Waals surface area (Å²) in [6.45, 7) is 0. The Bertz CT molecular complexity index is 485. The molecule has 1 aliphatic rings. The third kappa shape index (κ3) is 5.08. The van der Waals surface area contributed by atoms with Crippen molar-refractivity contribution in [1.29, 1.82) is 0 Å². The van der Waals surface area contributed by atoms with E-state index in [4.69, 9.17) is 0 Å². The molecule has 1 aromatic rings. The van der Waals surface area contributed by atoms with Gasteiger partial charge in [-0.25, -0.2) is 8.78 Å². The Hall–Kier alpha value is -1.49. The lowest BCUT2D eigenvalue weighted by molar-refractivity contribution is -0.122. The first-order chi connectivity index (χ1) is 10.0. The first-order valence-electron chi connectivity index (χ1n) is 7.46. The van der Waals surface area contributed by atoms with E-state index in [0.29, 0.717) is 24.8 Å². The summed E-state index contributed by atoms with van der Waals surface area (Å²) in [6.07, 6.45) is 3.93. The van der Waals surface area contributed by atoms with Crippen molar-refractivity contribution >= 4 is 5.91 Å². The fraction of sp³-hybridized carbons (Fsp3) is 0.562. The number of aryl methyl sites for hydroxylation is 1. The lowest BCUT2D eigenvalue weighted by atomic mass is 9.93. The molecule has 0 bridgehead atoms. The molecule has 1 fully saturated rings. The molecule has 21 heavy (non-hydrogen) atoms. The molecule has 0 spiro atoms. The third-order valence-corrected chi connectivity index (χ3v) is 3.92. The van der Waals surface area contributed by atoms with Gasteiger partial charge in [0.15, 0.2) is 0 Å². The van der Waals surface area contributed by atoms with Crippen molar-refractivity contribution in [1.82, 2.24) is 5.32 Å². The highest BCUT2D eigenvalue weighted by Gasteiger charge is 2.20. The molecule has 2 N–H and O–H groups in total. The van der Waals surface area contributed by atoms with Crippen molar-refractivity contribution in [3.8, 4) is 0 Å². The third-order valence-electron chi connectivity index (χ3n) is 3.92. The second-order valence-corrected chi connectivity index (χ2v) is 5.66. The lowest BCUT2D eigenvalue weighted by Gasteiger charge is -2.26. The van der Waals surface area contributed by atoms with Gasteiger partial charge in [-0.3, -0.25) is 4.79 Å². The topological polar surface area (TPSA) is 49.3 Å². The highest BCUT2D eigenvalue weighted by molar-refractivity contribution is 5.76. The summed E-state index contributed by atoms with van der Waals surface area (Å²) in [6, 6.07) is 3.50. The number of nitrogens with one attached hydrogen (secondary N) is 1. The SMILES string of the molecule is O=C(CCCc1cc(F)ccc1F)NC1CCC(O)CC1. The number of hydrogen-bond acceptors (Lipinski definition) is 2. The van der Waals surface area contributed by atoms with Gasteiger partial charge < -0.3 is 10.4 Å². The molecule has 1 saturated carbocycles. The minimum absolute atomic E-state index is 0.0619. The number of carbonyl (C=O) groups is 1. The van der Waals surface area contributed by atoms with Crippen LogP contribution < -0.4 is 5.32 Å². The minimum Gasteiger partial charge on any atom is -0.393 e. The lowest BCUT2D eigenvalue weighted by Crippen LogP contribution is -2.38. The molecule has 0 aliphatic heterocycles. The summed E-state index contributed by atoms with van der Waals surface area (Å²) in [5.41, 5.74) is 0.309. The van der Waals surface area contributed by atoms with Crippen LogP contribution in [0.3, 0.4) is 0 Å². The molecule has 116 valence electrons. The number of rotatable bonds is 5. The zero-order chi connectivity index (χ0) is 15.2. The van der Waals surface area contributed by atoms with E-state index in [1.54, 1.807) is 0 Å². The summed E-state index contributed by atoms with van der Waals surface area (Å²) >= 11 is 0. The molecule has 1 aromatic carbocycles. The average molecular weight is 297 g/mol. The van der Waals surface area contributed by atoms with Gasteiger partial charge in [-0.2, -0.15) is 0 Å². The smallest absolute Gasteiger partial charge is 0.220 e. The van der Waals surface area contributed by atoms with Crippen LogP contribution in [-0.2, 0) is 11.2 Å². The Morgan fingerprint density at radius 3 is 2.67 bits per heavy atom. The number of aliphatic hydroxyl groups is 1. The molecule has 0 radical (unpaired) electrons. The second kappa shape index (κ2) is 7.50. The fourth-order valence-electron chi connectivity index (χ4n) is 2.69.